The Hall–Kier alpha value is -1.54. The number of halogens is 2. The molecule has 0 saturated carbocycles. The molecule has 2 aromatic carbocycles. The van der Waals surface area contributed by atoms with Crippen LogP contribution in [-0.2, 0) is 12.8 Å². The molecule has 0 N–H and O–H groups in total. The smallest absolute Gasteiger partial charge is 0.131 e. The Labute approximate surface area is 129 Å². The molecule has 110 valence electrons. The van der Waals surface area contributed by atoms with E-state index in [-0.39, 0.29) is 5.82 Å². The molecule has 0 aromatic heterocycles. The van der Waals surface area contributed by atoms with Crippen LogP contribution >= 0.6 is 11.6 Å². The molecule has 0 radical (unpaired) electrons. The molecule has 0 amide bonds. The first-order valence-electron chi connectivity index (χ1n) is 7.29. The van der Waals surface area contributed by atoms with Crippen molar-refractivity contribution < 1.29 is 9.13 Å². The second kappa shape index (κ2) is 6.07. The summed E-state index contributed by atoms with van der Waals surface area (Å²) in [6.07, 6.45) is 4.68. The van der Waals surface area contributed by atoms with Crippen molar-refractivity contribution in [3.8, 4) is 5.75 Å². The second-order valence-electron chi connectivity index (χ2n) is 5.45. The van der Waals surface area contributed by atoms with Crippen LogP contribution in [0.2, 0.25) is 0 Å². The highest BCUT2D eigenvalue weighted by Crippen LogP contribution is 2.38. The van der Waals surface area contributed by atoms with Crippen LogP contribution in [0.25, 0.3) is 0 Å². The highest BCUT2D eigenvalue weighted by atomic mass is 35.5. The Morgan fingerprint density at radius 2 is 1.86 bits per heavy atom. The molecule has 0 spiro atoms. The van der Waals surface area contributed by atoms with Gasteiger partial charge in [-0.3, -0.25) is 0 Å². The van der Waals surface area contributed by atoms with Gasteiger partial charge in [0.1, 0.15) is 11.6 Å². The van der Waals surface area contributed by atoms with Gasteiger partial charge in [-0.25, -0.2) is 4.39 Å². The maximum absolute atomic E-state index is 14.1. The van der Waals surface area contributed by atoms with Gasteiger partial charge in [-0.1, -0.05) is 24.3 Å². The zero-order valence-electron chi connectivity index (χ0n) is 12.0. The van der Waals surface area contributed by atoms with E-state index in [1.54, 1.807) is 12.1 Å². The molecular formula is C18H18ClFO. The molecule has 21 heavy (non-hydrogen) atoms. The molecule has 3 rings (SSSR count). The molecule has 1 aliphatic carbocycles. The zero-order chi connectivity index (χ0) is 14.8. The van der Waals surface area contributed by atoms with Crippen LogP contribution < -0.4 is 4.74 Å². The van der Waals surface area contributed by atoms with E-state index in [0.717, 1.165) is 18.4 Å². The van der Waals surface area contributed by atoms with Gasteiger partial charge in [-0.15, -0.1) is 11.6 Å². The molecule has 3 heteroatoms. The summed E-state index contributed by atoms with van der Waals surface area (Å²) in [6, 6.07) is 11.1. The standard InChI is InChI=1S/C18H18ClFO/c1-21-16-8-4-7-15(20)17(16)18(19)14-10-9-12-5-2-3-6-13(12)11-14/h4,7-11,18H,2-3,5-6H2,1H3. The van der Waals surface area contributed by atoms with E-state index in [9.17, 15) is 4.39 Å². The Balaban J connectivity index is 2.01. The van der Waals surface area contributed by atoms with Crippen LogP contribution in [0.4, 0.5) is 4.39 Å². The SMILES string of the molecule is COc1cccc(F)c1C(Cl)c1ccc2c(c1)CCCC2. The third kappa shape index (κ3) is 2.77. The van der Waals surface area contributed by atoms with Crippen LogP contribution in [0.1, 0.15) is 40.5 Å². The Bertz CT molecular complexity index is 654. The van der Waals surface area contributed by atoms with Crippen molar-refractivity contribution in [2.45, 2.75) is 31.1 Å². The molecular weight excluding hydrogens is 287 g/mol. The first kappa shape index (κ1) is 14.4. The van der Waals surface area contributed by atoms with E-state index < -0.39 is 5.38 Å². The second-order valence-corrected chi connectivity index (χ2v) is 5.89. The summed E-state index contributed by atoms with van der Waals surface area (Å²) >= 11 is 6.54. The molecule has 0 saturated heterocycles. The lowest BCUT2D eigenvalue weighted by molar-refractivity contribution is 0.405. The average molecular weight is 305 g/mol. The molecule has 1 atom stereocenters. The van der Waals surface area contributed by atoms with Gasteiger partial charge in [0, 0.05) is 0 Å². The number of rotatable bonds is 3. The van der Waals surface area contributed by atoms with Crippen molar-refractivity contribution in [3.05, 3.63) is 64.5 Å². The number of fused-ring (bicyclic) bond motifs is 1. The molecule has 1 aliphatic rings. The van der Waals surface area contributed by atoms with Crippen molar-refractivity contribution in [3.63, 3.8) is 0 Å². The number of alkyl halides is 1. The monoisotopic (exact) mass is 304 g/mol. The molecule has 0 heterocycles. The van der Waals surface area contributed by atoms with Crippen LogP contribution in [0, 0.1) is 5.82 Å². The van der Waals surface area contributed by atoms with E-state index in [1.165, 1.54) is 37.1 Å². The highest BCUT2D eigenvalue weighted by molar-refractivity contribution is 6.22. The van der Waals surface area contributed by atoms with Crippen molar-refractivity contribution in [2.24, 2.45) is 0 Å². The van der Waals surface area contributed by atoms with E-state index in [0.29, 0.717) is 11.3 Å². The van der Waals surface area contributed by atoms with Crippen molar-refractivity contribution >= 4 is 11.6 Å². The van der Waals surface area contributed by atoms with Gasteiger partial charge in [0.25, 0.3) is 0 Å². The zero-order valence-corrected chi connectivity index (χ0v) is 12.8. The quantitative estimate of drug-likeness (QED) is 0.722. The normalized spacial score (nSPS) is 15.4. The number of ether oxygens (including phenoxy) is 1. The van der Waals surface area contributed by atoms with Crippen LogP contribution in [0.5, 0.6) is 5.75 Å². The number of hydrogen-bond acceptors (Lipinski definition) is 1. The summed E-state index contributed by atoms with van der Waals surface area (Å²) in [7, 11) is 1.54. The van der Waals surface area contributed by atoms with Gasteiger partial charge in [0.15, 0.2) is 0 Å². The maximum atomic E-state index is 14.1. The molecule has 0 aliphatic heterocycles. The van der Waals surface area contributed by atoms with E-state index in [1.807, 2.05) is 6.07 Å². The van der Waals surface area contributed by atoms with Gasteiger partial charge in [-0.05, 0) is 54.5 Å². The molecule has 1 nitrogen and oxygen atoms in total. The molecule has 2 aromatic rings. The van der Waals surface area contributed by atoms with E-state index >= 15 is 0 Å². The summed E-state index contributed by atoms with van der Waals surface area (Å²) < 4.78 is 19.4. The predicted octanol–water partition coefficient (Wildman–Crippen LogP) is 5.04. The van der Waals surface area contributed by atoms with Crippen LogP contribution in [0.15, 0.2) is 36.4 Å². The number of methoxy groups -OCH3 is 1. The summed E-state index contributed by atoms with van der Waals surface area (Å²) in [5, 5.41) is -0.534. The topological polar surface area (TPSA) is 9.23 Å². The minimum absolute atomic E-state index is 0.327. The lowest BCUT2D eigenvalue weighted by Crippen LogP contribution is -2.06. The van der Waals surface area contributed by atoms with Crippen molar-refractivity contribution in [1.29, 1.82) is 0 Å². The van der Waals surface area contributed by atoms with E-state index in [4.69, 9.17) is 16.3 Å². The number of benzene rings is 2. The maximum Gasteiger partial charge on any atom is 0.131 e. The summed E-state index contributed by atoms with van der Waals surface area (Å²) in [4.78, 5) is 0. The van der Waals surface area contributed by atoms with Crippen LogP contribution in [-0.4, -0.2) is 7.11 Å². The summed E-state index contributed by atoms with van der Waals surface area (Å²) in [5.41, 5.74) is 4.09. The first-order chi connectivity index (χ1) is 10.2. The number of aryl methyl sites for hydroxylation is 2. The predicted molar refractivity (Wildman–Crippen MR) is 83.7 cm³/mol. The van der Waals surface area contributed by atoms with E-state index in [2.05, 4.69) is 12.1 Å². The van der Waals surface area contributed by atoms with Gasteiger partial charge in [0.05, 0.1) is 18.1 Å². The number of hydrogen-bond donors (Lipinski definition) is 0. The molecule has 1 unspecified atom stereocenters. The largest absolute Gasteiger partial charge is 0.496 e. The molecule has 0 bridgehead atoms. The van der Waals surface area contributed by atoms with Gasteiger partial charge >= 0.3 is 0 Å². The minimum atomic E-state index is -0.534. The van der Waals surface area contributed by atoms with Crippen LogP contribution in [0.3, 0.4) is 0 Å². The first-order valence-corrected chi connectivity index (χ1v) is 7.72. The van der Waals surface area contributed by atoms with Gasteiger partial charge < -0.3 is 4.74 Å². The fraction of sp³-hybridized carbons (Fsp3) is 0.333. The van der Waals surface area contributed by atoms with Crippen molar-refractivity contribution in [2.75, 3.05) is 7.11 Å². The van der Waals surface area contributed by atoms with Gasteiger partial charge in [-0.2, -0.15) is 0 Å². The minimum Gasteiger partial charge on any atom is -0.496 e. The Morgan fingerprint density at radius 3 is 2.62 bits per heavy atom. The van der Waals surface area contributed by atoms with Gasteiger partial charge in [0.2, 0.25) is 0 Å². The fourth-order valence-corrected chi connectivity index (χ4v) is 3.37. The summed E-state index contributed by atoms with van der Waals surface area (Å²) in [5.74, 6) is 0.166. The highest BCUT2D eigenvalue weighted by Gasteiger charge is 2.21. The lowest BCUT2D eigenvalue weighted by Gasteiger charge is -2.20. The third-order valence-corrected chi connectivity index (χ3v) is 4.62. The molecule has 0 fully saturated rings. The van der Waals surface area contributed by atoms with Crippen molar-refractivity contribution in [1.82, 2.24) is 0 Å². The third-order valence-electron chi connectivity index (χ3n) is 4.15. The Kier molecular flexibility index (Phi) is 4.16. The lowest BCUT2D eigenvalue weighted by atomic mass is 9.89. The average Bonchev–Trinajstić information content (AvgIpc) is 2.53. The summed E-state index contributed by atoms with van der Waals surface area (Å²) in [6.45, 7) is 0. The fourth-order valence-electron chi connectivity index (χ4n) is 3.02. The Morgan fingerprint density at radius 1 is 1.10 bits per heavy atom.